The fraction of sp³-hybridized carbons (Fsp3) is 0.125. The minimum Gasteiger partial charge on any atom is -0.504 e. The van der Waals surface area contributed by atoms with Crippen LogP contribution in [0.4, 0.5) is 0 Å². The molecule has 0 fully saturated rings. The molecular formula is C16H19NO2. The van der Waals surface area contributed by atoms with E-state index in [-0.39, 0.29) is 11.5 Å². The number of hydrogen-bond acceptors (Lipinski definition) is 3. The SMILES string of the molecule is C=Cc1ccccc1.NCCc1ccc(O)c(O)c1. The summed E-state index contributed by atoms with van der Waals surface area (Å²) < 4.78 is 0. The van der Waals surface area contributed by atoms with E-state index in [0.29, 0.717) is 13.0 Å². The van der Waals surface area contributed by atoms with Crippen LogP contribution in [0.1, 0.15) is 11.1 Å². The molecule has 0 aliphatic rings. The normalized spacial score (nSPS) is 9.32. The van der Waals surface area contributed by atoms with Gasteiger partial charge in [-0.15, -0.1) is 0 Å². The van der Waals surface area contributed by atoms with Gasteiger partial charge in [-0.3, -0.25) is 0 Å². The van der Waals surface area contributed by atoms with Gasteiger partial charge in [0.05, 0.1) is 0 Å². The highest BCUT2D eigenvalue weighted by Gasteiger charge is 1.98. The Bertz CT molecular complexity index is 509. The van der Waals surface area contributed by atoms with Gasteiger partial charge in [0, 0.05) is 0 Å². The Kier molecular flexibility index (Phi) is 6.19. The molecule has 0 radical (unpaired) electrons. The lowest BCUT2D eigenvalue weighted by molar-refractivity contribution is 0.403. The molecule has 3 nitrogen and oxygen atoms in total. The summed E-state index contributed by atoms with van der Waals surface area (Å²) in [5.41, 5.74) is 7.41. The van der Waals surface area contributed by atoms with Gasteiger partial charge in [-0.2, -0.15) is 0 Å². The summed E-state index contributed by atoms with van der Waals surface area (Å²) in [6.45, 7) is 4.18. The molecule has 0 aliphatic heterocycles. The number of benzene rings is 2. The lowest BCUT2D eigenvalue weighted by atomic mass is 10.1. The van der Waals surface area contributed by atoms with E-state index in [1.807, 2.05) is 36.4 Å². The summed E-state index contributed by atoms with van der Waals surface area (Å²) in [7, 11) is 0. The van der Waals surface area contributed by atoms with Crippen molar-refractivity contribution in [2.24, 2.45) is 5.73 Å². The van der Waals surface area contributed by atoms with E-state index >= 15 is 0 Å². The Morgan fingerprint density at radius 1 is 1.00 bits per heavy atom. The van der Waals surface area contributed by atoms with Crippen molar-refractivity contribution in [2.45, 2.75) is 6.42 Å². The van der Waals surface area contributed by atoms with Crippen LogP contribution in [0.25, 0.3) is 6.08 Å². The van der Waals surface area contributed by atoms with Gasteiger partial charge < -0.3 is 15.9 Å². The van der Waals surface area contributed by atoms with Gasteiger partial charge in [0.15, 0.2) is 11.5 Å². The number of phenols is 2. The Morgan fingerprint density at radius 3 is 2.16 bits per heavy atom. The molecule has 0 heterocycles. The van der Waals surface area contributed by atoms with Gasteiger partial charge in [0.25, 0.3) is 0 Å². The predicted molar refractivity (Wildman–Crippen MR) is 79.1 cm³/mol. The number of aromatic hydroxyl groups is 2. The van der Waals surface area contributed by atoms with Crippen LogP contribution in [0.3, 0.4) is 0 Å². The van der Waals surface area contributed by atoms with Crippen LogP contribution in [0.5, 0.6) is 11.5 Å². The Hall–Kier alpha value is -2.26. The number of hydrogen-bond donors (Lipinski definition) is 3. The summed E-state index contributed by atoms with van der Waals surface area (Å²) in [5.74, 6) is -0.179. The van der Waals surface area contributed by atoms with Crippen LogP contribution in [-0.2, 0) is 6.42 Å². The largest absolute Gasteiger partial charge is 0.504 e. The molecule has 2 aromatic rings. The minimum atomic E-state index is -0.0919. The lowest BCUT2D eigenvalue weighted by Gasteiger charge is -2.00. The maximum atomic E-state index is 9.04. The average molecular weight is 257 g/mol. The molecule has 0 saturated carbocycles. The fourth-order valence-electron chi connectivity index (χ4n) is 1.48. The third-order valence-electron chi connectivity index (χ3n) is 2.51. The number of rotatable bonds is 3. The molecule has 0 saturated heterocycles. The average Bonchev–Trinajstić information content (AvgIpc) is 2.45. The number of nitrogens with two attached hydrogens (primary N) is 1. The topological polar surface area (TPSA) is 66.5 Å². The van der Waals surface area contributed by atoms with Crippen molar-refractivity contribution < 1.29 is 10.2 Å². The molecule has 4 N–H and O–H groups in total. The van der Waals surface area contributed by atoms with E-state index in [0.717, 1.165) is 5.56 Å². The fourth-order valence-corrected chi connectivity index (χ4v) is 1.48. The molecule has 2 aromatic carbocycles. The second kappa shape index (κ2) is 7.95. The third kappa shape index (κ3) is 5.27. The van der Waals surface area contributed by atoms with Gasteiger partial charge in [0.2, 0.25) is 0 Å². The van der Waals surface area contributed by atoms with Crippen molar-refractivity contribution in [1.82, 2.24) is 0 Å². The quantitative estimate of drug-likeness (QED) is 0.741. The van der Waals surface area contributed by atoms with Crippen molar-refractivity contribution >= 4 is 6.08 Å². The smallest absolute Gasteiger partial charge is 0.157 e. The summed E-state index contributed by atoms with van der Waals surface area (Å²) in [6, 6.07) is 14.7. The Balaban J connectivity index is 0.000000200. The van der Waals surface area contributed by atoms with Crippen LogP contribution in [-0.4, -0.2) is 16.8 Å². The molecule has 0 bridgehead atoms. The van der Waals surface area contributed by atoms with Crippen LogP contribution in [0.15, 0.2) is 55.1 Å². The Labute approximate surface area is 113 Å². The minimum absolute atomic E-state index is 0.0871. The molecule has 19 heavy (non-hydrogen) atoms. The van der Waals surface area contributed by atoms with Gasteiger partial charge in [-0.1, -0.05) is 49.1 Å². The zero-order valence-electron chi connectivity index (χ0n) is 10.8. The number of phenolic OH excluding ortho intramolecular Hbond substituents is 2. The molecule has 0 amide bonds. The maximum absolute atomic E-state index is 9.04. The van der Waals surface area contributed by atoms with E-state index in [9.17, 15) is 0 Å². The van der Waals surface area contributed by atoms with E-state index in [4.69, 9.17) is 15.9 Å². The van der Waals surface area contributed by atoms with Crippen molar-refractivity contribution in [3.05, 3.63) is 66.2 Å². The van der Waals surface area contributed by atoms with Gasteiger partial charge >= 0.3 is 0 Å². The summed E-state index contributed by atoms with van der Waals surface area (Å²) in [4.78, 5) is 0. The van der Waals surface area contributed by atoms with Crippen LogP contribution in [0, 0.1) is 0 Å². The molecule has 0 atom stereocenters. The van der Waals surface area contributed by atoms with Crippen molar-refractivity contribution in [3.8, 4) is 11.5 Å². The maximum Gasteiger partial charge on any atom is 0.157 e. The van der Waals surface area contributed by atoms with E-state index in [2.05, 4.69) is 6.58 Å². The second-order valence-corrected chi connectivity index (χ2v) is 3.98. The molecular weight excluding hydrogens is 238 g/mol. The zero-order chi connectivity index (χ0) is 14.1. The summed E-state index contributed by atoms with van der Waals surface area (Å²) in [6.07, 6.45) is 2.55. The van der Waals surface area contributed by atoms with Gasteiger partial charge in [0.1, 0.15) is 0 Å². The molecule has 0 aliphatic carbocycles. The standard InChI is InChI=1S/C8H11NO2.C8H8/c9-4-3-6-1-2-7(10)8(11)5-6;1-2-8-6-4-3-5-7-8/h1-2,5,10-11H,3-4,9H2;2-7H,1H2. The van der Waals surface area contributed by atoms with Crippen LogP contribution < -0.4 is 5.73 Å². The predicted octanol–water partition coefficient (Wildman–Crippen LogP) is 2.93. The third-order valence-corrected chi connectivity index (χ3v) is 2.51. The molecule has 3 heteroatoms. The first-order valence-corrected chi connectivity index (χ1v) is 6.05. The van der Waals surface area contributed by atoms with Crippen LogP contribution in [0.2, 0.25) is 0 Å². The van der Waals surface area contributed by atoms with Gasteiger partial charge in [-0.25, -0.2) is 0 Å². The summed E-state index contributed by atoms with van der Waals surface area (Å²) >= 11 is 0. The molecule has 0 spiro atoms. The van der Waals surface area contributed by atoms with Crippen molar-refractivity contribution in [1.29, 1.82) is 0 Å². The van der Waals surface area contributed by atoms with Crippen molar-refractivity contribution in [2.75, 3.05) is 6.54 Å². The highest BCUT2D eigenvalue weighted by atomic mass is 16.3. The first-order valence-electron chi connectivity index (χ1n) is 6.05. The van der Waals surface area contributed by atoms with Gasteiger partial charge in [-0.05, 0) is 36.2 Å². The lowest BCUT2D eigenvalue weighted by Crippen LogP contribution is -2.02. The summed E-state index contributed by atoms with van der Waals surface area (Å²) in [5, 5.41) is 18.0. The first-order chi connectivity index (χ1) is 9.17. The highest BCUT2D eigenvalue weighted by Crippen LogP contribution is 2.24. The molecule has 0 aromatic heterocycles. The van der Waals surface area contributed by atoms with E-state index in [1.165, 1.54) is 17.7 Å². The zero-order valence-corrected chi connectivity index (χ0v) is 10.8. The van der Waals surface area contributed by atoms with E-state index < -0.39 is 0 Å². The first kappa shape index (κ1) is 14.8. The van der Waals surface area contributed by atoms with Crippen LogP contribution >= 0.6 is 0 Å². The second-order valence-electron chi connectivity index (χ2n) is 3.98. The monoisotopic (exact) mass is 257 g/mol. The van der Waals surface area contributed by atoms with Crippen molar-refractivity contribution in [3.63, 3.8) is 0 Å². The Morgan fingerprint density at radius 2 is 1.68 bits per heavy atom. The molecule has 100 valence electrons. The van der Waals surface area contributed by atoms with E-state index in [1.54, 1.807) is 6.07 Å². The molecule has 0 unspecified atom stereocenters. The molecule has 2 rings (SSSR count). The highest BCUT2D eigenvalue weighted by molar-refractivity contribution is 5.45.